The van der Waals surface area contributed by atoms with Crippen molar-refractivity contribution in [3.63, 3.8) is 0 Å². The fourth-order valence-electron chi connectivity index (χ4n) is 1.33. The molecule has 0 saturated carbocycles. The average Bonchev–Trinajstić information content (AvgIpc) is 2.47. The Hall–Kier alpha value is -1.24. The van der Waals surface area contributed by atoms with Crippen LogP contribution in [0.5, 0.6) is 0 Å². The number of aryl methyl sites for hydroxylation is 1. The maximum Gasteiger partial charge on any atom is 0.111 e. The lowest BCUT2D eigenvalue weighted by molar-refractivity contribution is 0.521. The van der Waals surface area contributed by atoms with Crippen molar-refractivity contribution in [2.24, 2.45) is 0 Å². The molecule has 2 rings (SSSR count). The Labute approximate surface area is 65.6 Å². The van der Waals surface area contributed by atoms with Crippen molar-refractivity contribution >= 4 is 10.8 Å². The van der Waals surface area contributed by atoms with E-state index in [1.807, 2.05) is 18.4 Å². The highest BCUT2D eigenvalue weighted by molar-refractivity contribution is 5.83. The van der Waals surface area contributed by atoms with Crippen molar-refractivity contribution in [2.75, 3.05) is 0 Å². The van der Waals surface area contributed by atoms with Crippen LogP contribution in [-0.4, -0.2) is 0 Å². The highest BCUT2D eigenvalue weighted by Crippen LogP contribution is 2.20. The summed E-state index contributed by atoms with van der Waals surface area (Å²) >= 11 is 0. The van der Waals surface area contributed by atoms with Crippen molar-refractivity contribution in [3.05, 3.63) is 36.3 Å². The zero-order chi connectivity index (χ0) is 7.68. The van der Waals surface area contributed by atoms with E-state index in [0.29, 0.717) is 0 Å². The first-order chi connectivity index (χ1) is 5.42. The lowest BCUT2D eigenvalue weighted by atomic mass is 10.2. The smallest absolute Gasteiger partial charge is 0.111 e. The topological polar surface area (TPSA) is 13.1 Å². The van der Waals surface area contributed by atoms with E-state index in [9.17, 15) is 0 Å². The van der Waals surface area contributed by atoms with Crippen LogP contribution in [0.4, 0.5) is 0 Å². The minimum Gasteiger partial charge on any atom is -0.468 e. The van der Waals surface area contributed by atoms with E-state index in [4.69, 9.17) is 4.42 Å². The Morgan fingerprint density at radius 3 is 2.91 bits per heavy atom. The standard InChI is InChI=1S/C10H10O/c1-2-10-9-6-4-3-5-8(9)7-11-10/h3-7H,2H2,1H3. The molecule has 1 heterocycles. The second kappa shape index (κ2) is 2.42. The van der Waals surface area contributed by atoms with Gasteiger partial charge in [0.2, 0.25) is 0 Å². The monoisotopic (exact) mass is 146 g/mol. The number of rotatable bonds is 1. The van der Waals surface area contributed by atoms with Crippen LogP contribution < -0.4 is 0 Å². The first-order valence-electron chi connectivity index (χ1n) is 3.87. The molecular weight excluding hydrogens is 136 g/mol. The van der Waals surface area contributed by atoms with E-state index in [0.717, 1.165) is 12.2 Å². The normalized spacial score (nSPS) is 10.6. The maximum absolute atomic E-state index is 5.36. The molecule has 0 radical (unpaired) electrons. The van der Waals surface area contributed by atoms with Gasteiger partial charge in [-0.2, -0.15) is 0 Å². The summed E-state index contributed by atoms with van der Waals surface area (Å²) in [5, 5.41) is 2.44. The molecule has 0 bridgehead atoms. The van der Waals surface area contributed by atoms with E-state index in [-0.39, 0.29) is 0 Å². The molecule has 1 nitrogen and oxygen atoms in total. The van der Waals surface area contributed by atoms with Gasteiger partial charge in [-0.15, -0.1) is 0 Å². The molecule has 0 unspecified atom stereocenters. The molecule has 11 heavy (non-hydrogen) atoms. The molecule has 56 valence electrons. The van der Waals surface area contributed by atoms with Gasteiger partial charge in [-0.05, 0) is 0 Å². The number of hydrogen-bond donors (Lipinski definition) is 0. The van der Waals surface area contributed by atoms with Gasteiger partial charge in [0.25, 0.3) is 0 Å². The van der Waals surface area contributed by atoms with Crippen LogP contribution in [0.25, 0.3) is 10.8 Å². The van der Waals surface area contributed by atoms with E-state index in [1.165, 1.54) is 10.8 Å². The van der Waals surface area contributed by atoms with Crippen LogP contribution in [-0.2, 0) is 6.42 Å². The largest absolute Gasteiger partial charge is 0.468 e. The fraction of sp³-hybridized carbons (Fsp3) is 0.200. The number of benzene rings is 1. The first kappa shape index (κ1) is 6.47. The SMILES string of the molecule is CCc1occ2ccccc12. The molecule has 0 aliphatic heterocycles. The van der Waals surface area contributed by atoms with Crippen molar-refractivity contribution < 1.29 is 4.42 Å². The lowest BCUT2D eigenvalue weighted by Crippen LogP contribution is -1.72. The van der Waals surface area contributed by atoms with Gasteiger partial charge in [-0.25, -0.2) is 0 Å². The van der Waals surface area contributed by atoms with Gasteiger partial charge in [0.1, 0.15) is 5.76 Å². The lowest BCUT2D eigenvalue weighted by Gasteiger charge is -1.88. The molecule has 2 aromatic rings. The first-order valence-corrected chi connectivity index (χ1v) is 3.87. The molecule has 0 atom stereocenters. The third-order valence-electron chi connectivity index (χ3n) is 1.91. The summed E-state index contributed by atoms with van der Waals surface area (Å²) in [5.41, 5.74) is 0. The van der Waals surface area contributed by atoms with Crippen LogP contribution in [0.2, 0.25) is 0 Å². The van der Waals surface area contributed by atoms with Gasteiger partial charge < -0.3 is 4.42 Å². The quantitative estimate of drug-likeness (QED) is 0.602. The average molecular weight is 146 g/mol. The van der Waals surface area contributed by atoms with Crippen LogP contribution in [0, 0.1) is 0 Å². The fourth-order valence-corrected chi connectivity index (χ4v) is 1.33. The Kier molecular flexibility index (Phi) is 1.42. The summed E-state index contributed by atoms with van der Waals surface area (Å²) in [4.78, 5) is 0. The molecule has 1 heteroatoms. The van der Waals surface area contributed by atoms with Gasteiger partial charge in [-0.1, -0.05) is 31.2 Å². The Balaban J connectivity index is 2.76. The summed E-state index contributed by atoms with van der Waals surface area (Å²) in [7, 11) is 0. The summed E-state index contributed by atoms with van der Waals surface area (Å²) in [6.45, 7) is 2.10. The van der Waals surface area contributed by atoms with Gasteiger partial charge >= 0.3 is 0 Å². The summed E-state index contributed by atoms with van der Waals surface area (Å²) in [6.07, 6.45) is 2.78. The highest BCUT2D eigenvalue weighted by atomic mass is 16.3. The minimum atomic E-state index is 0.966. The molecule has 0 aliphatic rings. The summed E-state index contributed by atoms with van der Waals surface area (Å²) < 4.78 is 5.36. The molecule has 0 saturated heterocycles. The predicted octanol–water partition coefficient (Wildman–Crippen LogP) is 3.00. The molecule has 1 aromatic carbocycles. The molecule has 0 N–H and O–H groups in total. The van der Waals surface area contributed by atoms with Crippen molar-refractivity contribution in [1.29, 1.82) is 0 Å². The maximum atomic E-state index is 5.36. The van der Waals surface area contributed by atoms with Gasteiger partial charge in [0, 0.05) is 17.2 Å². The van der Waals surface area contributed by atoms with E-state index >= 15 is 0 Å². The van der Waals surface area contributed by atoms with Crippen molar-refractivity contribution in [2.45, 2.75) is 13.3 Å². The van der Waals surface area contributed by atoms with Crippen LogP contribution in [0.3, 0.4) is 0 Å². The Bertz CT molecular complexity index is 360. The molecule has 0 spiro atoms. The summed E-state index contributed by atoms with van der Waals surface area (Å²) in [6, 6.07) is 8.23. The second-order valence-electron chi connectivity index (χ2n) is 2.60. The van der Waals surface area contributed by atoms with Gasteiger partial charge in [-0.3, -0.25) is 0 Å². The predicted molar refractivity (Wildman–Crippen MR) is 45.6 cm³/mol. The Morgan fingerprint density at radius 1 is 1.27 bits per heavy atom. The third-order valence-corrected chi connectivity index (χ3v) is 1.91. The molecule has 0 amide bonds. The van der Waals surface area contributed by atoms with Crippen LogP contribution in [0.15, 0.2) is 34.9 Å². The van der Waals surface area contributed by atoms with Crippen molar-refractivity contribution in [3.8, 4) is 0 Å². The molecule has 1 aromatic heterocycles. The number of fused-ring (bicyclic) bond motifs is 1. The molecular formula is C10H10O. The summed E-state index contributed by atoms with van der Waals surface area (Å²) in [5.74, 6) is 1.08. The minimum absolute atomic E-state index is 0.966. The highest BCUT2D eigenvalue weighted by Gasteiger charge is 2.00. The van der Waals surface area contributed by atoms with Gasteiger partial charge in [0.15, 0.2) is 0 Å². The van der Waals surface area contributed by atoms with Gasteiger partial charge in [0.05, 0.1) is 6.26 Å². The van der Waals surface area contributed by atoms with E-state index in [2.05, 4.69) is 19.1 Å². The molecule has 0 aliphatic carbocycles. The zero-order valence-electron chi connectivity index (χ0n) is 6.50. The van der Waals surface area contributed by atoms with Crippen molar-refractivity contribution in [1.82, 2.24) is 0 Å². The number of furan rings is 1. The van der Waals surface area contributed by atoms with E-state index < -0.39 is 0 Å². The second-order valence-corrected chi connectivity index (χ2v) is 2.60. The third kappa shape index (κ3) is 0.929. The Morgan fingerprint density at radius 2 is 2.09 bits per heavy atom. The van der Waals surface area contributed by atoms with Crippen LogP contribution >= 0.6 is 0 Å². The van der Waals surface area contributed by atoms with E-state index in [1.54, 1.807) is 0 Å². The van der Waals surface area contributed by atoms with Crippen LogP contribution in [0.1, 0.15) is 12.7 Å². The molecule has 0 fully saturated rings. The zero-order valence-corrected chi connectivity index (χ0v) is 6.50. The number of hydrogen-bond acceptors (Lipinski definition) is 1.